The number of carbonyl (C=O) groups excluding carboxylic acids is 2. The van der Waals surface area contributed by atoms with E-state index in [0.717, 1.165) is 17.0 Å². The van der Waals surface area contributed by atoms with Crippen LogP contribution < -0.4 is 9.47 Å². The summed E-state index contributed by atoms with van der Waals surface area (Å²) in [5.74, 6) is 0.125. The van der Waals surface area contributed by atoms with Gasteiger partial charge in [0, 0.05) is 10.0 Å². The summed E-state index contributed by atoms with van der Waals surface area (Å²) in [5, 5.41) is 5.60. The average Bonchev–Trinajstić information content (AvgIpc) is 3.50. The lowest BCUT2D eigenvalue weighted by atomic mass is 9.85. The maximum absolute atomic E-state index is 12.9. The van der Waals surface area contributed by atoms with Crippen molar-refractivity contribution in [2.75, 3.05) is 6.61 Å². The van der Waals surface area contributed by atoms with Crippen LogP contribution >= 0.6 is 27.5 Å². The Labute approximate surface area is 205 Å². The lowest BCUT2D eigenvalue weighted by Crippen LogP contribution is -2.28. The smallest absolute Gasteiger partial charge is 0.254 e. The summed E-state index contributed by atoms with van der Waals surface area (Å²) in [6, 6.07) is 11.5. The van der Waals surface area contributed by atoms with Gasteiger partial charge in [-0.1, -0.05) is 54.1 Å². The first kappa shape index (κ1) is 22.2. The predicted molar refractivity (Wildman–Crippen MR) is 128 cm³/mol. The molecule has 2 aromatic carbocycles. The minimum Gasteiger partial charge on any atom is -0.490 e. The number of ether oxygens (including phenoxy) is 2. The van der Waals surface area contributed by atoms with Crippen molar-refractivity contribution < 1.29 is 19.1 Å². The SMILES string of the molecule is CCOc1cc(C=NN2C(=O)[C@@H]3[C@H](C2=O)[C@H]2C=C[C@H]3C2)c(Br)c(Cl)c1OCc1ccccc1. The fourth-order valence-electron chi connectivity index (χ4n) is 4.95. The molecule has 3 aliphatic rings. The maximum atomic E-state index is 12.9. The van der Waals surface area contributed by atoms with Crippen molar-refractivity contribution in [3.63, 3.8) is 0 Å². The van der Waals surface area contributed by atoms with Crippen LogP contribution in [0, 0.1) is 23.7 Å². The van der Waals surface area contributed by atoms with Gasteiger partial charge in [-0.05, 0) is 52.7 Å². The first-order chi connectivity index (χ1) is 16.0. The maximum Gasteiger partial charge on any atom is 0.254 e. The summed E-state index contributed by atoms with van der Waals surface area (Å²) in [6.45, 7) is 2.61. The Bertz CT molecular complexity index is 1140. The molecule has 2 aliphatic carbocycles. The number of benzene rings is 2. The van der Waals surface area contributed by atoms with Crippen molar-refractivity contribution in [1.82, 2.24) is 5.01 Å². The van der Waals surface area contributed by atoms with Gasteiger partial charge in [0.2, 0.25) is 0 Å². The Morgan fingerprint density at radius 3 is 2.42 bits per heavy atom. The average molecular weight is 530 g/mol. The Morgan fingerprint density at radius 1 is 1.12 bits per heavy atom. The third-order valence-corrected chi connectivity index (χ3v) is 7.88. The molecule has 0 radical (unpaired) electrons. The number of carbonyl (C=O) groups is 2. The summed E-state index contributed by atoms with van der Waals surface area (Å²) in [6.07, 6.45) is 6.46. The van der Waals surface area contributed by atoms with E-state index in [9.17, 15) is 9.59 Å². The number of rotatable bonds is 7. The number of hydrazone groups is 1. The summed E-state index contributed by atoms with van der Waals surface area (Å²) < 4.78 is 12.3. The molecule has 5 rings (SSSR count). The minimum absolute atomic E-state index is 0.142. The number of nitrogens with zero attached hydrogens (tertiary/aromatic N) is 2. The van der Waals surface area contributed by atoms with E-state index in [1.807, 2.05) is 37.3 Å². The molecule has 1 heterocycles. The summed E-state index contributed by atoms with van der Waals surface area (Å²) in [5.41, 5.74) is 1.58. The third-order valence-electron chi connectivity index (χ3n) is 6.44. The van der Waals surface area contributed by atoms with E-state index in [0.29, 0.717) is 39.8 Å². The molecule has 0 spiro atoms. The van der Waals surface area contributed by atoms with E-state index < -0.39 is 0 Å². The lowest BCUT2D eigenvalue weighted by Gasteiger charge is -2.16. The molecule has 2 fully saturated rings. The molecule has 1 saturated heterocycles. The van der Waals surface area contributed by atoms with Gasteiger partial charge >= 0.3 is 0 Å². The molecular formula is C25H22BrClN2O4. The lowest BCUT2D eigenvalue weighted by molar-refractivity contribution is -0.140. The molecule has 8 heteroatoms. The van der Waals surface area contributed by atoms with Crippen molar-refractivity contribution in [3.05, 3.63) is 69.2 Å². The van der Waals surface area contributed by atoms with Crippen LogP contribution in [0.2, 0.25) is 5.02 Å². The molecule has 2 amide bonds. The van der Waals surface area contributed by atoms with E-state index in [1.54, 1.807) is 6.07 Å². The highest BCUT2D eigenvalue weighted by Gasteiger charge is 2.59. The minimum atomic E-state index is -0.288. The molecule has 1 saturated carbocycles. The Balaban J connectivity index is 1.40. The van der Waals surface area contributed by atoms with Crippen LogP contribution in [0.25, 0.3) is 0 Å². The highest BCUT2D eigenvalue weighted by Crippen LogP contribution is 2.52. The molecule has 0 N–H and O–H groups in total. The highest BCUT2D eigenvalue weighted by atomic mass is 79.9. The number of hydrogen-bond donors (Lipinski definition) is 0. The van der Waals surface area contributed by atoms with Gasteiger partial charge in [-0.15, -0.1) is 0 Å². The Kier molecular flexibility index (Phi) is 6.01. The van der Waals surface area contributed by atoms with E-state index >= 15 is 0 Å². The van der Waals surface area contributed by atoms with Gasteiger partial charge in [0.05, 0.1) is 24.7 Å². The first-order valence-corrected chi connectivity index (χ1v) is 12.1. The van der Waals surface area contributed by atoms with Crippen molar-refractivity contribution >= 4 is 45.6 Å². The van der Waals surface area contributed by atoms with E-state index in [1.165, 1.54) is 6.21 Å². The molecule has 33 heavy (non-hydrogen) atoms. The number of allylic oxidation sites excluding steroid dienone is 2. The van der Waals surface area contributed by atoms with E-state index in [2.05, 4.69) is 33.2 Å². The van der Waals surface area contributed by atoms with E-state index in [-0.39, 0.29) is 35.5 Å². The summed E-state index contributed by atoms with van der Waals surface area (Å²) >= 11 is 10.1. The van der Waals surface area contributed by atoms with Gasteiger partial charge in [-0.2, -0.15) is 10.1 Å². The number of imide groups is 1. The van der Waals surface area contributed by atoms with Gasteiger partial charge in [0.1, 0.15) is 11.6 Å². The van der Waals surface area contributed by atoms with Crippen molar-refractivity contribution in [3.8, 4) is 11.5 Å². The van der Waals surface area contributed by atoms with Crippen LogP contribution in [0.15, 0.2) is 58.1 Å². The zero-order chi connectivity index (χ0) is 23.1. The molecule has 2 aromatic rings. The molecule has 170 valence electrons. The van der Waals surface area contributed by atoms with Crippen molar-refractivity contribution in [2.45, 2.75) is 20.0 Å². The summed E-state index contributed by atoms with van der Waals surface area (Å²) in [7, 11) is 0. The number of amides is 2. The second kappa shape index (κ2) is 8.95. The molecular weight excluding hydrogens is 508 g/mol. The monoisotopic (exact) mass is 528 g/mol. The second-order valence-electron chi connectivity index (χ2n) is 8.36. The van der Waals surface area contributed by atoms with Crippen LogP contribution in [0.5, 0.6) is 11.5 Å². The largest absolute Gasteiger partial charge is 0.490 e. The van der Waals surface area contributed by atoms with Crippen molar-refractivity contribution in [1.29, 1.82) is 0 Å². The second-order valence-corrected chi connectivity index (χ2v) is 9.53. The van der Waals surface area contributed by atoms with Gasteiger partial charge in [-0.3, -0.25) is 9.59 Å². The summed E-state index contributed by atoms with van der Waals surface area (Å²) in [4.78, 5) is 25.8. The fraction of sp³-hybridized carbons (Fsp3) is 0.320. The molecule has 4 atom stereocenters. The van der Waals surface area contributed by atoms with Crippen molar-refractivity contribution in [2.24, 2.45) is 28.8 Å². The van der Waals surface area contributed by atoms with Crippen LogP contribution in [0.1, 0.15) is 24.5 Å². The van der Waals surface area contributed by atoms with E-state index in [4.69, 9.17) is 21.1 Å². The molecule has 1 aliphatic heterocycles. The standard InChI is InChI=1S/C25H22BrClN2O4/c1-2-32-18-11-17(21(26)22(27)23(18)33-13-14-6-4-3-5-7-14)12-28-29-24(30)19-15-8-9-16(10-15)20(19)25(29)31/h3-9,11-12,15-16,19-20H,2,10,13H2,1H3/t15-,16-,19-,20+/m0/s1. The highest BCUT2D eigenvalue weighted by molar-refractivity contribution is 9.10. The molecule has 6 nitrogen and oxygen atoms in total. The van der Waals surface area contributed by atoms with Gasteiger partial charge in [0.15, 0.2) is 11.5 Å². The number of halogens is 2. The third kappa shape index (κ3) is 3.87. The predicted octanol–water partition coefficient (Wildman–Crippen LogP) is 5.22. The van der Waals surface area contributed by atoms with Gasteiger partial charge in [-0.25, -0.2) is 0 Å². The zero-order valence-corrected chi connectivity index (χ0v) is 20.3. The topological polar surface area (TPSA) is 68.2 Å². The number of fused-ring (bicyclic) bond motifs is 5. The molecule has 0 aromatic heterocycles. The quantitative estimate of drug-likeness (QED) is 0.280. The normalized spacial score (nSPS) is 25.4. The first-order valence-electron chi connectivity index (χ1n) is 10.9. The fourth-order valence-corrected chi connectivity index (χ4v) is 5.60. The van der Waals surface area contributed by atoms with Crippen LogP contribution in [-0.2, 0) is 16.2 Å². The van der Waals surface area contributed by atoms with Gasteiger partial charge < -0.3 is 9.47 Å². The van der Waals surface area contributed by atoms with Crippen LogP contribution in [0.4, 0.5) is 0 Å². The zero-order valence-electron chi connectivity index (χ0n) is 17.9. The van der Waals surface area contributed by atoms with Gasteiger partial charge in [0.25, 0.3) is 11.8 Å². The Morgan fingerprint density at radius 2 is 1.79 bits per heavy atom. The van der Waals surface area contributed by atoms with Crippen LogP contribution in [0.3, 0.4) is 0 Å². The molecule has 0 unspecified atom stereocenters. The number of hydrogen-bond acceptors (Lipinski definition) is 5. The van der Waals surface area contributed by atoms with Crippen LogP contribution in [-0.4, -0.2) is 29.6 Å². The molecule has 2 bridgehead atoms. The Hall–Kier alpha value is -2.64.